The van der Waals surface area contributed by atoms with E-state index < -0.39 is 10.0 Å². The van der Waals surface area contributed by atoms with E-state index in [0.717, 1.165) is 12.8 Å². The number of amides is 1. The molecule has 0 aliphatic heterocycles. The van der Waals surface area contributed by atoms with Crippen molar-refractivity contribution in [2.45, 2.75) is 43.0 Å². The molecular formula is C19H22N4O3S. The van der Waals surface area contributed by atoms with Gasteiger partial charge in [-0.1, -0.05) is 25.2 Å². The first-order chi connectivity index (χ1) is 13.0. The molecule has 7 nitrogen and oxygen atoms in total. The van der Waals surface area contributed by atoms with Crippen LogP contribution in [0.2, 0.25) is 0 Å². The molecule has 0 unspecified atom stereocenters. The predicted molar refractivity (Wildman–Crippen MR) is 103 cm³/mol. The van der Waals surface area contributed by atoms with Gasteiger partial charge in [0.15, 0.2) is 0 Å². The van der Waals surface area contributed by atoms with Gasteiger partial charge < -0.3 is 5.32 Å². The first-order valence-corrected chi connectivity index (χ1v) is 10.4. The minimum Gasteiger partial charge on any atom is -0.307 e. The Bertz CT molecular complexity index is 936. The molecular weight excluding hydrogens is 364 g/mol. The molecule has 0 bridgehead atoms. The number of hydrogen-bond donors (Lipinski definition) is 2. The Morgan fingerprint density at radius 3 is 2.56 bits per heavy atom. The molecule has 1 aromatic carbocycles. The van der Waals surface area contributed by atoms with Crippen LogP contribution < -0.4 is 10.0 Å². The van der Waals surface area contributed by atoms with Gasteiger partial charge in [0.1, 0.15) is 5.82 Å². The van der Waals surface area contributed by atoms with E-state index in [2.05, 4.69) is 21.1 Å². The van der Waals surface area contributed by atoms with Crippen LogP contribution in [0.25, 0.3) is 0 Å². The summed E-state index contributed by atoms with van der Waals surface area (Å²) in [6, 6.07) is 7.79. The van der Waals surface area contributed by atoms with Gasteiger partial charge in [-0.3, -0.25) is 4.79 Å². The fourth-order valence-corrected chi connectivity index (χ4v) is 4.16. The number of carbonyl (C=O) groups is 1. The highest BCUT2D eigenvalue weighted by Crippen LogP contribution is 2.30. The summed E-state index contributed by atoms with van der Waals surface area (Å²) in [5, 5.41) is 7.23. The summed E-state index contributed by atoms with van der Waals surface area (Å²) in [7, 11) is -3.67. The van der Waals surface area contributed by atoms with Crippen molar-refractivity contribution in [2.75, 3.05) is 11.9 Å². The fraction of sp³-hybridized carbons (Fsp3) is 0.368. The van der Waals surface area contributed by atoms with Gasteiger partial charge in [0.05, 0.1) is 23.7 Å². The third-order valence-electron chi connectivity index (χ3n) is 4.62. The zero-order valence-corrected chi connectivity index (χ0v) is 15.7. The summed E-state index contributed by atoms with van der Waals surface area (Å²) in [5.41, 5.74) is 0.363. The lowest BCUT2D eigenvalue weighted by molar-refractivity contribution is 0.102. The van der Waals surface area contributed by atoms with Crippen molar-refractivity contribution < 1.29 is 13.2 Å². The molecule has 1 aliphatic carbocycles. The van der Waals surface area contributed by atoms with Gasteiger partial charge in [0.25, 0.3) is 5.91 Å². The molecule has 27 heavy (non-hydrogen) atoms. The lowest BCUT2D eigenvalue weighted by Gasteiger charge is -2.23. The zero-order valence-electron chi connectivity index (χ0n) is 14.9. The maximum absolute atomic E-state index is 12.5. The first kappa shape index (κ1) is 19.1. The van der Waals surface area contributed by atoms with Gasteiger partial charge in [0.2, 0.25) is 10.0 Å². The number of sulfonamides is 1. The van der Waals surface area contributed by atoms with Gasteiger partial charge in [-0.25, -0.2) is 13.1 Å². The Labute approximate surface area is 159 Å². The number of hydrogen-bond acceptors (Lipinski definition) is 4. The van der Waals surface area contributed by atoms with E-state index in [1.807, 2.05) is 4.68 Å². The van der Waals surface area contributed by atoms with Crippen molar-refractivity contribution in [3.63, 3.8) is 0 Å². The average Bonchev–Trinajstić information content (AvgIpc) is 3.15. The maximum Gasteiger partial charge on any atom is 0.256 e. The van der Waals surface area contributed by atoms with E-state index in [1.54, 1.807) is 12.3 Å². The highest BCUT2D eigenvalue weighted by atomic mass is 32.2. The summed E-state index contributed by atoms with van der Waals surface area (Å²) in [5.74, 6) is 2.56. The molecule has 1 amide bonds. The van der Waals surface area contributed by atoms with Crippen LogP contribution in [0.4, 0.5) is 5.82 Å². The SMILES string of the molecule is C#CCNS(=O)(=O)c1ccc(C(=O)Nc2ccnn2C2CCCCC2)cc1. The van der Waals surface area contributed by atoms with Crippen LogP contribution in [0.5, 0.6) is 0 Å². The maximum atomic E-state index is 12.5. The first-order valence-electron chi connectivity index (χ1n) is 8.89. The molecule has 1 fully saturated rings. The highest BCUT2D eigenvalue weighted by Gasteiger charge is 2.20. The van der Waals surface area contributed by atoms with Crippen molar-refractivity contribution >= 4 is 21.7 Å². The molecule has 0 spiro atoms. The fourth-order valence-electron chi connectivity index (χ4n) is 3.22. The van der Waals surface area contributed by atoms with E-state index in [-0.39, 0.29) is 17.3 Å². The number of nitrogens with zero attached hydrogens (tertiary/aromatic N) is 2. The Morgan fingerprint density at radius 2 is 1.89 bits per heavy atom. The molecule has 0 radical (unpaired) electrons. The van der Waals surface area contributed by atoms with E-state index >= 15 is 0 Å². The lowest BCUT2D eigenvalue weighted by atomic mass is 9.96. The number of carbonyl (C=O) groups excluding carboxylic acids is 1. The van der Waals surface area contributed by atoms with E-state index in [0.29, 0.717) is 17.4 Å². The van der Waals surface area contributed by atoms with Crippen LogP contribution in [-0.2, 0) is 10.0 Å². The van der Waals surface area contributed by atoms with Crippen molar-refractivity contribution in [3.8, 4) is 12.3 Å². The van der Waals surface area contributed by atoms with Crippen LogP contribution in [-0.4, -0.2) is 30.7 Å². The smallest absolute Gasteiger partial charge is 0.256 e. The quantitative estimate of drug-likeness (QED) is 0.746. The topological polar surface area (TPSA) is 93.1 Å². The standard InChI is InChI=1S/C19H22N4O3S/c1-2-13-21-27(25,26)17-10-8-15(9-11-17)19(24)22-18-12-14-20-23(18)16-6-4-3-5-7-16/h1,8-12,14,16,21H,3-7,13H2,(H,22,24). The summed E-state index contributed by atoms with van der Waals surface area (Å²) in [4.78, 5) is 12.6. The largest absolute Gasteiger partial charge is 0.307 e. The van der Waals surface area contributed by atoms with Gasteiger partial charge in [-0.2, -0.15) is 9.82 Å². The van der Waals surface area contributed by atoms with Crippen LogP contribution in [0.15, 0.2) is 41.4 Å². The van der Waals surface area contributed by atoms with Crippen molar-refractivity contribution in [1.82, 2.24) is 14.5 Å². The van der Waals surface area contributed by atoms with Crippen LogP contribution in [0, 0.1) is 12.3 Å². The molecule has 1 saturated carbocycles. The molecule has 3 rings (SSSR count). The van der Waals surface area contributed by atoms with E-state index in [1.165, 1.54) is 43.5 Å². The van der Waals surface area contributed by atoms with Crippen LogP contribution in [0.1, 0.15) is 48.5 Å². The number of aromatic nitrogens is 2. The highest BCUT2D eigenvalue weighted by molar-refractivity contribution is 7.89. The van der Waals surface area contributed by atoms with E-state index in [4.69, 9.17) is 6.42 Å². The second kappa shape index (κ2) is 8.37. The third kappa shape index (κ3) is 4.56. The second-order valence-electron chi connectivity index (χ2n) is 6.46. The minimum absolute atomic E-state index is 0.0570. The monoisotopic (exact) mass is 386 g/mol. The summed E-state index contributed by atoms with van der Waals surface area (Å²) in [6.07, 6.45) is 12.4. The van der Waals surface area contributed by atoms with Crippen molar-refractivity contribution in [3.05, 3.63) is 42.1 Å². The molecule has 1 aliphatic rings. The number of benzene rings is 1. The zero-order chi connectivity index (χ0) is 19.3. The summed E-state index contributed by atoms with van der Waals surface area (Å²) >= 11 is 0. The molecule has 2 aromatic rings. The average molecular weight is 386 g/mol. The molecule has 2 N–H and O–H groups in total. The molecule has 1 aromatic heterocycles. The Morgan fingerprint density at radius 1 is 1.19 bits per heavy atom. The second-order valence-corrected chi connectivity index (χ2v) is 8.23. The number of terminal acetylenes is 1. The Balaban J connectivity index is 1.71. The molecule has 0 atom stereocenters. The number of anilines is 1. The van der Waals surface area contributed by atoms with Gasteiger partial charge in [-0.15, -0.1) is 6.42 Å². The van der Waals surface area contributed by atoms with Crippen LogP contribution >= 0.6 is 0 Å². The van der Waals surface area contributed by atoms with Crippen molar-refractivity contribution in [1.29, 1.82) is 0 Å². The normalized spacial score (nSPS) is 15.2. The summed E-state index contributed by atoms with van der Waals surface area (Å²) < 4.78 is 28.2. The van der Waals surface area contributed by atoms with Gasteiger partial charge >= 0.3 is 0 Å². The predicted octanol–water partition coefficient (Wildman–Crippen LogP) is 2.55. The molecule has 8 heteroatoms. The number of rotatable bonds is 6. The van der Waals surface area contributed by atoms with Crippen LogP contribution in [0.3, 0.4) is 0 Å². The Hall–Kier alpha value is -2.63. The van der Waals surface area contributed by atoms with E-state index in [9.17, 15) is 13.2 Å². The van der Waals surface area contributed by atoms with Gasteiger partial charge in [-0.05, 0) is 37.1 Å². The minimum atomic E-state index is -3.67. The molecule has 0 saturated heterocycles. The summed E-state index contributed by atoms with van der Waals surface area (Å²) in [6.45, 7) is -0.0876. The Kier molecular flexibility index (Phi) is 5.94. The molecule has 142 valence electrons. The lowest BCUT2D eigenvalue weighted by Crippen LogP contribution is -2.24. The van der Waals surface area contributed by atoms with Crippen molar-refractivity contribution in [2.24, 2.45) is 0 Å². The van der Waals surface area contributed by atoms with Gasteiger partial charge in [0, 0.05) is 11.6 Å². The number of nitrogens with one attached hydrogen (secondary N) is 2. The third-order valence-corrected chi connectivity index (χ3v) is 6.04. The molecule has 1 heterocycles.